The van der Waals surface area contributed by atoms with Gasteiger partial charge in [-0.25, -0.2) is 4.39 Å². The highest BCUT2D eigenvalue weighted by atomic mass is 19.1. The summed E-state index contributed by atoms with van der Waals surface area (Å²) in [6.07, 6.45) is 1.41. The summed E-state index contributed by atoms with van der Waals surface area (Å²) >= 11 is 0. The molecule has 0 aliphatic carbocycles. The summed E-state index contributed by atoms with van der Waals surface area (Å²) in [5.74, 6) is 0.348. The number of likely N-dealkylation sites (tertiary alicyclic amines) is 1. The first-order valence-electron chi connectivity index (χ1n) is 10.3. The van der Waals surface area contributed by atoms with Crippen molar-refractivity contribution in [3.05, 3.63) is 64.6 Å². The van der Waals surface area contributed by atoms with Crippen LogP contribution in [0.4, 0.5) is 10.1 Å². The van der Waals surface area contributed by atoms with E-state index in [1.54, 1.807) is 29.3 Å². The number of piperidine rings is 1. The van der Waals surface area contributed by atoms with Crippen LogP contribution in [0, 0.1) is 0 Å². The van der Waals surface area contributed by atoms with E-state index in [1.165, 1.54) is 11.7 Å². The third-order valence-electron chi connectivity index (χ3n) is 5.79. The molecule has 1 aliphatic rings. The van der Waals surface area contributed by atoms with E-state index in [4.69, 9.17) is 4.74 Å². The Morgan fingerprint density at radius 2 is 1.84 bits per heavy atom. The Balaban J connectivity index is 1.91. The normalized spacial score (nSPS) is 14.6. The zero-order valence-corrected chi connectivity index (χ0v) is 18.0. The Morgan fingerprint density at radius 1 is 1.10 bits per heavy atom. The molecule has 0 N–H and O–H groups in total. The average molecular weight is 423 g/mol. The Kier molecular flexibility index (Phi) is 5.67. The number of alkyl halides is 1. The number of hydrogen-bond donors (Lipinski definition) is 0. The van der Waals surface area contributed by atoms with Crippen molar-refractivity contribution >= 4 is 22.4 Å². The van der Waals surface area contributed by atoms with Gasteiger partial charge in [0.25, 0.3) is 11.5 Å². The molecule has 3 aromatic rings. The largest absolute Gasteiger partial charge is 0.497 e. The maximum Gasteiger partial charge on any atom is 0.263 e. The topological polar surface area (TPSA) is 54.8 Å². The fraction of sp³-hybridized carbons (Fsp3) is 0.333. The van der Waals surface area contributed by atoms with Gasteiger partial charge < -0.3 is 14.5 Å². The Morgan fingerprint density at radius 3 is 2.52 bits per heavy atom. The number of carbonyl (C=O) groups is 1. The zero-order valence-electron chi connectivity index (χ0n) is 18.0. The number of hydrogen-bond acceptors (Lipinski definition) is 4. The van der Waals surface area contributed by atoms with Crippen LogP contribution in [-0.2, 0) is 0 Å². The zero-order chi connectivity index (χ0) is 22.1. The van der Waals surface area contributed by atoms with Crippen LogP contribution in [0.1, 0.15) is 23.2 Å². The monoisotopic (exact) mass is 423 g/mol. The lowest BCUT2D eigenvalue weighted by molar-refractivity contribution is 0.0668. The molecule has 0 unspecified atom stereocenters. The number of halogens is 1. The van der Waals surface area contributed by atoms with Gasteiger partial charge in [-0.3, -0.25) is 14.2 Å². The minimum absolute atomic E-state index is 0.195. The standard InChI is InChI=1S/C24H26FN3O3/c1-26(2)17-5-4-6-18(13-17)28-15-22(23(29)27-11-9-16(25)10-12-27)20-8-7-19(31-3)14-21(20)24(28)30/h4-8,13-16H,9-12H2,1-3H3. The summed E-state index contributed by atoms with van der Waals surface area (Å²) in [4.78, 5) is 30.4. The molecule has 2 heterocycles. The van der Waals surface area contributed by atoms with Crippen LogP contribution in [0.25, 0.3) is 16.5 Å². The number of benzene rings is 2. The van der Waals surface area contributed by atoms with Gasteiger partial charge in [0, 0.05) is 44.5 Å². The number of ether oxygens (including phenoxy) is 1. The minimum atomic E-state index is -0.868. The molecule has 0 radical (unpaired) electrons. The summed E-state index contributed by atoms with van der Waals surface area (Å²) in [7, 11) is 5.39. The maximum atomic E-state index is 13.6. The first kappa shape index (κ1) is 20.9. The lowest BCUT2D eigenvalue weighted by Crippen LogP contribution is -2.39. The van der Waals surface area contributed by atoms with Crippen LogP contribution in [0.3, 0.4) is 0 Å². The van der Waals surface area contributed by atoms with Gasteiger partial charge in [-0.05, 0) is 49.2 Å². The van der Waals surface area contributed by atoms with Crippen molar-refractivity contribution in [3.63, 3.8) is 0 Å². The lowest BCUT2D eigenvalue weighted by atomic mass is 10.0. The number of fused-ring (bicyclic) bond motifs is 1. The molecule has 0 spiro atoms. The third kappa shape index (κ3) is 4.00. The third-order valence-corrected chi connectivity index (χ3v) is 5.79. The first-order valence-corrected chi connectivity index (χ1v) is 10.3. The summed E-state index contributed by atoms with van der Waals surface area (Å²) in [5.41, 5.74) is 1.79. The average Bonchev–Trinajstić information content (AvgIpc) is 2.79. The molecule has 6 nitrogen and oxygen atoms in total. The predicted molar refractivity (Wildman–Crippen MR) is 120 cm³/mol. The summed E-state index contributed by atoms with van der Waals surface area (Å²) in [6, 6.07) is 12.7. The van der Waals surface area contributed by atoms with Crippen molar-refractivity contribution in [3.8, 4) is 11.4 Å². The first-order chi connectivity index (χ1) is 14.9. The van der Waals surface area contributed by atoms with Crippen LogP contribution < -0.4 is 15.2 Å². The van der Waals surface area contributed by atoms with E-state index < -0.39 is 6.17 Å². The van der Waals surface area contributed by atoms with E-state index in [9.17, 15) is 14.0 Å². The van der Waals surface area contributed by atoms with Crippen LogP contribution in [0.2, 0.25) is 0 Å². The van der Waals surface area contributed by atoms with Crippen LogP contribution in [0.5, 0.6) is 5.75 Å². The molecule has 0 atom stereocenters. The van der Waals surface area contributed by atoms with Crippen LogP contribution in [-0.4, -0.2) is 55.8 Å². The van der Waals surface area contributed by atoms with E-state index in [-0.39, 0.29) is 11.5 Å². The number of nitrogens with zero attached hydrogens (tertiary/aromatic N) is 3. The van der Waals surface area contributed by atoms with Gasteiger partial charge in [0.15, 0.2) is 0 Å². The highest BCUT2D eigenvalue weighted by Gasteiger charge is 2.26. The second kappa shape index (κ2) is 8.41. The maximum absolute atomic E-state index is 13.6. The highest BCUT2D eigenvalue weighted by molar-refractivity contribution is 6.07. The van der Waals surface area contributed by atoms with Gasteiger partial charge in [-0.1, -0.05) is 6.07 Å². The summed E-state index contributed by atoms with van der Waals surface area (Å²) in [5, 5.41) is 0.971. The number of anilines is 1. The van der Waals surface area contributed by atoms with Gasteiger partial charge in [-0.2, -0.15) is 0 Å². The molecule has 2 aromatic carbocycles. The fourth-order valence-corrected chi connectivity index (χ4v) is 3.95. The number of methoxy groups -OCH3 is 1. The number of aromatic nitrogens is 1. The molecular formula is C24H26FN3O3. The van der Waals surface area contributed by atoms with Crippen LogP contribution in [0.15, 0.2) is 53.5 Å². The molecule has 1 saturated heterocycles. The van der Waals surface area contributed by atoms with Crippen LogP contribution >= 0.6 is 0 Å². The summed E-state index contributed by atoms with van der Waals surface area (Å²) < 4.78 is 20.4. The number of carbonyl (C=O) groups excluding carboxylic acids is 1. The second-order valence-corrected chi connectivity index (χ2v) is 8.01. The molecule has 1 aliphatic heterocycles. The molecule has 4 rings (SSSR count). The van der Waals surface area contributed by atoms with Crippen molar-refractivity contribution in [2.75, 3.05) is 39.2 Å². The quantitative estimate of drug-likeness (QED) is 0.643. The van der Waals surface area contributed by atoms with Crippen molar-refractivity contribution in [2.45, 2.75) is 19.0 Å². The lowest BCUT2D eigenvalue weighted by Gasteiger charge is -2.29. The van der Waals surface area contributed by atoms with E-state index in [0.717, 1.165) is 5.69 Å². The molecule has 1 aromatic heterocycles. The number of rotatable bonds is 4. The van der Waals surface area contributed by atoms with Crippen molar-refractivity contribution in [1.82, 2.24) is 9.47 Å². The molecule has 31 heavy (non-hydrogen) atoms. The van der Waals surface area contributed by atoms with Crippen molar-refractivity contribution in [1.29, 1.82) is 0 Å². The number of amides is 1. The van der Waals surface area contributed by atoms with Gasteiger partial charge in [0.2, 0.25) is 0 Å². The fourth-order valence-electron chi connectivity index (χ4n) is 3.95. The molecule has 1 amide bonds. The molecule has 162 valence electrons. The molecular weight excluding hydrogens is 397 g/mol. The Labute approximate surface area is 180 Å². The number of pyridine rings is 1. The highest BCUT2D eigenvalue weighted by Crippen LogP contribution is 2.26. The predicted octanol–water partition coefficient (Wildman–Crippen LogP) is 3.64. The van der Waals surface area contributed by atoms with E-state index in [2.05, 4.69) is 0 Å². The van der Waals surface area contributed by atoms with E-state index in [0.29, 0.717) is 53.7 Å². The van der Waals surface area contributed by atoms with E-state index >= 15 is 0 Å². The van der Waals surface area contributed by atoms with Gasteiger partial charge in [0.05, 0.1) is 23.7 Å². The molecule has 1 fully saturated rings. The van der Waals surface area contributed by atoms with Gasteiger partial charge >= 0.3 is 0 Å². The van der Waals surface area contributed by atoms with Crippen molar-refractivity contribution in [2.24, 2.45) is 0 Å². The second-order valence-electron chi connectivity index (χ2n) is 8.01. The summed E-state index contributed by atoms with van der Waals surface area (Å²) in [6.45, 7) is 0.736. The smallest absolute Gasteiger partial charge is 0.263 e. The van der Waals surface area contributed by atoms with E-state index in [1.807, 2.05) is 43.3 Å². The van der Waals surface area contributed by atoms with Crippen molar-refractivity contribution < 1.29 is 13.9 Å². The Hall–Kier alpha value is -3.35. The molecule has 0 saturated carbocycles. The van der Waals surface area contributed by atoms with Gasteiger partial charge in [-0.15, -0.1) is 0 Å². The van der Waals surface area contributed by atoms with Gasteiger partial charge in [0.1, 0.15) is 11.9 Å². The molecule has 0 bridgehead atoms. The minimum Gasteiger partial charge on any atom is -0.497 e. The molecule has 7 heteroatoms. The Bertz CT molecular complexity index is 1180. The SMILES string of the molecule is COc1ccc2c(C(=O)N3CCC(F)CC3)cn(-c3cccc(N(C)C)c3)c(=O)c2c1.